The van der Waals surface area contributed by atoms with E-state index in [0.29, 0.717) is 17.1 Å². The van der Waals surface area contributed by atoms with Crippen LogP contribution in [0.4, 0.5) is 0 Å². The van der Waals surface area contributed by atoms with Crippen LogP contribution in [0.1, 0.15) is 21.5 Å². The molecule has 0 atom stereocenters. The number of carbonyl (C=O) groups excluding carboxylic acids is 1. The van der Waals surface area contributed by atoms with Gasteiger partial charge in [-0.1, -0.05) is 48.5 Å². The van der Waals surface area contributed by atoms with Gasteiger partial charge in [-0.15, -0.1) is 0 Å². The number of carbonyl (C=O) groups is 1. The average Bonchev–Trinajstić information content (AvgIpc) is 3.65. The Hall–Kier alpha value is -5.29. The van der Waals surface area contributed by atoms with Crippen molar-refractivity contribution in [3.8, 4) is 61.8 Å². The number of fused-ring (bicyclic) bond motifs is 4. The largest absolute Gasteiger partial charge is 0.497 e. The van der Waals surface area contributed by atoms with Crippen LogP contribution in [0.5, 0.6) is 17.2 Å². The molecule has 2 aliphatic rings. The minimum absolute atomic E-state index is 0.358. The Bertz CT molecular complexity index is 2150. The van der Waals surface area contributed by atoms with Crippen molar-refractivity contribution >= 4 is 27.5 Å². The van der Waals surface area contributed by atoms with Crippen LogP contribution in [0.3, 0.4) is 0 Å². The van der Waals surface area contributed by atoms with Crippen LogP contribution in [0.15, 0.2) is 84.9 Å². The second-order valence-corrected chi connectivity index (χ2v) is 11.3. The van der Waals surface area contributed by atoms with Crippen molar-refractivity contribution in [1.29, 1.82) is 0 Å². The summed E-state index contributed by atoms with van der Waals surface area (Å²) in [7, 11) is 6.43. The van der Waals surface area contributed by atoms with Gasteiger partial charge in [0.1, 0.15) is 5.75 Å². The number of aryl methyl sites for hydroxylation is 2. The molecule has 5 nitrogen and oxygen atoms in total. The molecule has 0 N–H and O–H groups in total. The summed E-state index contributed by atoms with van der Waals surface area (Å²) in [4.78, 5) is 12.3. The van der Waals surface area contributed by atoms with E-state index in [2.05, 4.69) is 48.5 Å². The topological polar surface area (TPSA) is 54.0 Å². The van der Waals surface area contributed by atoms with E-state index in [1.807, 2.05) is 36.4 Å². The molecule has 216 valence electrons. The summed E-state index contributed by atoms with van der Waals surface area (Å²) in [6, 6.07) is 29.4. The summed E-state index contributed by atoms with van der Waals surface area (Å²) < 4.78 is 22.2. The van der Waals surface area contributed by atoms with Gasteiger partial charge < -0.3 is 18.9 Å². The lowest BCUT2D eigenvalue weighted by Gasteiger charge is -2.22. The first-order valence-electron chi connectivity index (χ1n) is 14.7. The van der Waals surface area contributed by atoms with E-state index in [0.717, 1.165) is 51.6 Å². The van der Waals surface area contributed by atoms with Crippen molar-refractivity contribution < 1.29 is 23.7 Å². The molecule has 0 fully saturated rings. The third-order valence-electron chi connectivity index (χ3n) is 9.32. The summed E-state index contributed by atoms with van der Waals surface area (Å²) in [6.07, 6.45) is 2.13. The zero-order chi connectivity index (χ0) is 30.1. The maximum atomic E-state index is 12.3. The molecule has 0 radical (unpaired) electrons. The van der Waals surface area contributed by atoms with Crippen LogP contribution in [0.25, 0.3) is 66.1 Å². The van der Waals surface area contributed by atoms with Crippen LogP contribution >= 0.6 is 0 Å². The van der Waals surface area contributed by atoms with Crippen LogP contribution in [0.2, 0.25) is 0 Å². The molecule has 0 unspecified atom stereocenters. The predicted molar refractivity (Wildman–Crippen MR) is 175 cm³/mol. The normalized spacial score (nSPS) is 12.5. The predicted octanol–water partition coefficient (Wildman–Crippen LogP) is 8.89. The Balaban J connectivity index is 1.57. The monoisotopic (exact) mass is 578 g/mol. The van der Waals surface area contributed by atoms with Crippen LogP contribution in [0, 0.1) is 0 Å². The van der Waals surface area contributed by atoms with Gasteiger partial charge in [0.25, 0.3) is 0 Å². The lowest BCUT2D eigenvalue weighted by atomic mass is 9.82. The van der Waals surface area contributed by atoms with Gasteiger partial charge in [-0.2, -0.15) is 0 Å². The Morgan fingerprint density at radius 3 is 1.50 bits per heavy atom. The fraction of sp³-hybridized carbons (Fsp3) is 0.154. The molecule has 0 aromatic heterocycles. The highest BCUT2D eigenvalue weighted by atomic mass is 16.5. The van der Waals surface area contributed by atoms with E-state index >= 15 is 0 Å². The molecule has 0 saturated carbocycles. The van der Waals surface area contributed by atoms with Crippen molar-refractivity contribution in [2.24, 2.45) is 0 Å². The highest BCUT2D eigenvalue weighted by molar-refractivity contribution is 6.28. The molecule has 44 heavy (non-hydrogen) atoms. The number of hydrogen-bond acceptors (Lipinski definition) is 5. The fourth-order valence-corrected chi connectivity index (χ4v) is 7.34. The van der Waals surface area contributed by atoms with Gasteiger partial charge in [-0.25, -0.2) is 4.79 Å². The van der Waals surface area contributed by atoms with E-state index in [4.69, 9.17) is 18.9 Å². The van der Waals surface area contributed by atoms with Crippen molar-refractivity contribution in [2.45, 2.75) is 12.8 Å². The Labute approximate surface area is 255 Å². The minimum Gasteiger partial charge on any atom is -0.497 e. The first-order valence-corrected chi connectivity index (χ1v) is 14.7. The smallest absolute Gasteiger partial charge is 0.337 e. The first-order chi connectivity index (χ1) is 21.6. The van der Waals surface area contributed by atoms with Gasteiger partial charge in [0.15, 0.2) is 11.5 Å². The highest BCUT2D eigenvalue weighted by Crippen LogP contribution is 2.59. The minimum atomic E-state index is -0.358. The number of esters is 1. The number of rotatable bonds is 6. The zero-order valence-electron chi connectivity index (χ0n) is 25.0. The Morgan fingerprint density at radius 1 is 0.545 bits per heavy atom. The zero-order valence-corrected chi connectivity index (χ0v) is 25.0. The summed E-state index contributed by atoms with van der Waals surface area (Å²) in [5.41, 5.74) is 12.5. The van der Waals surface area contributed by atoms with Gasteiger partial charge in [0.05, 0.1) is 34.0 Å². The van der Waals surface area contributed by atoms with Crippen LogP contribution in [-0.2, 0) is 17.6 Å². The molecule has 0 aliphatic heterocycles. The van der Waals surface area contributed by atoms with E-state index in [1.165, 1.54) is 51.3 Å². The van der Waals surface area contributed by atoms with Crippen molar-refractivity contribution in [2.75, 3.05) is 28.4 Å². The maximum absolute atomic E-state index is 12.3. The fourth-order valence-electron chi connectivity index (χ4n) is 7.34. The second-order valence-electron chi connectivity index (χ2n) is 11.3. The molecule has 6 aromatic carbocycles. The third kappa shape index (κ3) is 3.62. The number of methoxy groups -OCH3 is 4. The lowest BCUT2D eigenvalue weighted by Crippen LogP contribution is -2.01. The summed E-state index contributed by atoms with van der Waals surface area (Å²) in [5.74, 6) is 1.77. The van der Waals surface area contributed by atoms with Crippen molar-refractivity contribution in [1.82, 2.24) is 0 Å². The summed E-state index contributed by atoms with van der Waals surface area (Å²) in [5, 5.41) is 4.81. The van der Waals surface area contributed by atoms with Crippen molar-refractivity contribution in [3.63, 3.8) is 0 Å². The molecule has 5 heteroatoms. The summed E-state index contributed by atoms with van der Waals surface area (Å²) >= 11 is 0. The van der Waals surface area contributed by atoms with Gasteiger partial charge in [0.2, 0.25) is 0 Å². The first kappa shape index (κ1) is 26.3. The van der Waals surface area contributed by atoms with E-state index in [1.54, 1.807) is 21.3 Å². The third-order valence-corrected chi connectivity index (χ3v) is 9.32. The quantitative estimate of drug-likeness (QED) is 0.185. The molecule has 0 saturated heterocycles. The van der Waals surface area contributed by atoms with Gasteiger partial charge >= 0.3 is 5.97 Å². The lowest BCUT2D eigenvalue weighted by molar-refractivity contribution is 0.0600. The molecule has 0 amide bonds. The molecule has 8 rings (SSSR count). The van der Waals surface area contributed by atoms with E-state index in [9.17, 15) is 4.79 Å². The number of hydrogen-bond donors (Lipinski definition) is 0. The highest BCUT2D eigenvalue weighted by Gasteiger charge is 2.33. The van der Waals surface area contributed by atoms with Gasteiger partial charge in [-0.05, 0) is 126 Å². The average molecular weight is 579 g/mol. The standard InChI is InChI=1S/C39H30O5/c1-41-26-15-11-24(12-16-26)35-30-20-32(43-3)31(42-2)19-29(30)34(23-7-9-25(10-8-23)39(40)44-4)37-27-17-13-21-5-6-22-14-18-28(38(35)37)36(27)33(21)22/h7-20H,5-6H2,1-4H3. The molecular weight excluding hydrogens is 548 g/mol. The Morgan fingerprint density at radius 2 is 1.05 bits per heavy atom. The maximum Gasteiger partial charge on any atom is 0.337 e. The van der Waals surface area contributed by atoms with Gasteiger partial charge in [-0.3, -0.25) is 0 Å². The SMILES string of the molecule is COC(=O)c1ccc(-c2c3c(c(-c4ccc(OC)cc4)c4cc(OC)c(OC)cc24)-c2ccc4c5c(ccc-3c25)CC4)cc1. The van der Waals surface area contributed by atoms with E-state index in [-0.39, 0.29) is 5.97 Å². The molecule has 0 heterocycles. The Kier molecular flexibility index (Phi) is 5.92. The number of ether oxygens (including phenoxy) is 4. The molecular formula is C39H30O5. The van der Waals surface area contributed by atoms with Gasteiger partial charge in [0, 0.05) is 0 Å². The van der Waals surface area contributed by atoms with E-state index < -0.39 is 0 Å². The van der Waals surface area contributed by atoms with Crippen LogP contribution < -0.4 is 14.2 Å². The molecule has 6 aromatic rings. The molecule has 2 aliphatic carbocycles. The van der Waals surface area contributed by atoms with Crippen molar-refractivity contribution in [3.05, 3.63) is 102 Å². The molecule has 0 bridgehead atoms. The molecule has 0 spiro atoms. The van der Waals surface area contributed by atoms with Crippen LogP contribution in [-0.4, -0.2) is 34.4 Å². The summed E-state index contributed by atoms with van der Waals surface area (Å²) in [6.45, 7) is 0. The second kappa shape index (κ2) is 9.88. The number of benzene rings is 6.